The molecule has 9 heteroatoms. The zero-order valence-corrected chi connectivity index (χ0v) is 16.1. The molecule has 2 aromatic carbocycles. The molecule has 0 saturated heterocycles. The number of aromatic nitrogens is 1. The maximum atomic E-state index is 12.7. The second-order valence-electron chi connectivity index (χ2n) is 6.21. The van der Waals surface area contributed by atoms with E-state index in [-0.39, 0.29) is 11.4 Å². The fraction of sp³-hybridized carbons (Fsp3) is 0. The number of hydrogen-bond acceptors (Lipinski definition) is 6. The third-order valence-corrected chi connectivity index (χ3v) is 4.03. The number of amides is 2. The Kier molecular flexibility index (Phi) is 6.94. The normalized spacial score (nSPS) is 11.2. The van der Waals surface area contributed by atoms with E-state index in [1.54, 1.807) is 54.9 Å². The molecule has 9 nitrogen and oxygen atoms in total. The summed E-state index contributed by atoms with van der Waals surface area (Å²) in [6.07, 6.45) is 6.01. The summed E-state index contributed by atoms with van der Waals surface area (Å²) in [6, 6.07) is 17.4. The number of pyridine rings is 1. The van der Waals surface area contributed by atoms with Gasteiger partial charge in [-0.1, -0.05) is 18.2 Å². The number of rotatable bonds is 7. The van der Waals surface area contributed by atoms with Gasteiger partial charge >= 0.3 is 0 Å². The molecule has 3 aromatic rings. The van der Waals surface area contributed by atoms with Gasteiger partial charge in [-0.2, -0.15) is 5.10 Å². The Bertz CT molecular complexity index is 1130. The first-order chi connectivity index (χ1) is 15.0. The van der Waals surface area contributed by atoms with Crippen molar-refractivity contribution in [1.29, 1.82) is 0 Å². The molecule has 0 unspecified atom stereocenters. The lowest BCUT2D eigenvalue weighted by Crippen LogP contribution is -2.32. The lowest BCUT2D eigenvalue weighted by atomic mass is 10.1. The summed E-state index contributed by atoms with van der Waals surface area (Å²) in [5, 5.41) is 17.3. The minimum absolute atomic E-state index is 0.0745. The van der Waals surface area contributed by atoms with Crippen LogP contribution in [-0.4, -0.2) is 27.9 Å². The summed E-state index contributed by atoms with van der Waals surface area (Å²) in [6.45, 7) is 0. The Balaban J connectivity index is 1.82. The molecule has 0 radical (unpaired) electrons. The van der Waals surface area contributed by atoms with Gasteiger partial charge in [0.25, 0.3) is 17.5 Å². The van der Waals surface area contributed by atoms with Gasteiger partial charge in [-0.15, -0.1) is 0 Å². The Morgan fingerprint density at radius 3 is 2.26 bits per heavy atom. The first-order valence-electron chi connectivity index (χ1n) is 9.09. The van der Waals surface area contributed by atoms with Gasteiger partial charge in [0.15, 0.2) is 0 Å². The Labute approximate surface area is 177 Å². The van der Waals surface area contributed by atoms with Crippen LogP contribution in [0.3, 0.4) is 0 Å². The number of nitro groups is 1. The quantitative estimate of drug-likeness (QED) is 0.265. The van der Waals surface area contributed by atoms with E-state index in [0.29, 0.717) is 11.1 Å². The van der Waals surface area contributed by atoms with Crippen LogP contribution in [0.15, 0.2) is 89.9 Å². The Morgan fingerprint density at radius 2 is 1.61 bits per heavy atom. The molecule has 0 bridgehead atoms. The van der Waals surface area contributed by atoms with E-state index in [1.165, 1.54) is 36.6 Å². The molecule has 0 aliphatic carbocycles. The van der Waals surface area contributed by atoms with Crippen LogP contribution in [-0.2, 0) is 4.79 Å². The van der Waals surface area contributed by atoms with Crippen molar-refractivity contribution < 1.29 is 14.5 Å². The summed E-state index contributed by atoms with van der Waals surface area (Å²) in [4.78, 5) is 39.4. The minimum atomic E-state index is -0.659. The van der Waals surface area contributed by atoms with Crippen molar-refractivity contribution in [3.8, 4) is 0 Å². The molecule has 3 rings (SSSR count). The van der Waals surface area contributed by atoms with Crippen molar-refractivity contribution in [2.75, 3.05) is 0 Å². The smallest absolute Gasteiger partial charge is 0.287 e. The highest BCUT2D eigenvalue weighted by molar-refractivity contribution is 6.05. The number of nitrogens with one attached hydrogen (secondary N) is 2. The van der Waals surface area contributed by atoms with Gasteiger partial charge in [-0.05, 0) is 53.6 Å². The van der Waals surface area contributed by atoms with E-state index in [2.05, 4.69) is 20.8 Å². The van der Waals surface area contributed by atoms with E-state index >= 15 is 0 Å². The predicted molar refractivity (Wildman–Crippen MR) is 115 cm³/mol. The lowest BCUT2D eigenvalue weighted by molar-refractivity contribution is -0.384. The van der Waals surface area contributed by atoms with Crippen LogP contribution in [0.4, 0.5) is 5.69 Å². The molecule has 0 aliphatic rings. The highest BCUT2D eigenvalue weighted by atomic mass is 16.6. The van der Waals surface area contributed by atoms with Gasteiger partial charge in [-0.25, -0.2) is 5.43 Å². The molecule has 0 aliphatic heterocycles. The zero-order valence-electron chi connectivity index (χ0n) is 16.1. The maximum Gasteiger partial charge on any atom is 0.287 e. The third kappa shape index (κ3) is 6.16. The van der Waals surface area contributed by atoms with Crippen LogP contribution in [0.5, 0.6) is 0 Å². The standard InChI is InChI=1S/C22H17N5O4/c28-21(18-4-2-1-3-5-18)25-20(14-16-6-8-19(9-7-16)27(30)31)22(29)26-24-15-17-10-12-23-13-11-17/h1-15H,(H,25,28)(H,26,29)/b20-14-,24-15+. The number of non-ortho nitro benzene ring substituents is 1. The average Bonchev–Trinajstić information content (AvgIpc) is 2.80. The van der Waals surface area contributed by atoms with Crippen molar-refractivity contribution >= 4 is 29.8 Å². The first-order valence-corrected chi connectivity index (χ1v) is 9.09. The number of hydrogen-bond donors (Lipinski definition) is 2. The molecule has 0 saturated carbocycles. The monoisotopic (exact) mass is 415 g/mol. The van der Waals surface area contributed by atoms with Crippen LogP contribution in [0.25, 0.3) is 6.08 Å². The molecular formula is C22H17N5O4. The number of nitrogens with zero attached hydrogens (tertiary/aromatic N) is 3. The summed E-state index contributed by atoms with van der Waals surface area (Å²) in [7, 11) is 0. The second kappa shape index (κ2) is 10.2. The van der Waals surface area contributed by atoms with Crippen molar-refractivity contribution in [3.63, 3.8) is 0 Å². The summed E-state index contributed by atoms with van der Waals surface area (Å²) >= 11 is 0. The van der Waals surface area contributed by atoms with Crippen LogP contribution < -0.4 is 10.7 Å². The van der Waals surface area contributed by atoms with Crippen LogP contribution in [0, 0.1) is 10.1 Å². The van der Waals surface area contributed by atoms with Gasteiger partial charge in [0.05, 0.1) is 11.1 Å². The molecule has 154 valence electrons. The number of carbonyl (C=O) groups is 2. The van der Waals surface area contributed by atoms with Crippen molar-refractivity contribution in [2.24, 2.45) is 5.10 Å². The summed E-state index contributed by atoms with van der Waals surface area (Å²) in [5.41, 5.74) is 3.78. The topological polar surface area (TPSA) is 127 Å². The minimum Gasteiger partial charge on any atom is -0.317 e. The summed E-state index contributed by atoms with van der Waals surface area (Å²) < 4.78 is 0. The van der Waals surface area contributed by atoms with Crippen molar-refractivity contribution in [1.82, 2.24) is 15.7 Å². The van der Waals surface area contributed by atoms with Crippen LogP contribution in [0.1, 0.15) is 21.5 Å². The van der Waals surface area contributed by atoms with Crippen LogP contribution in [0.2, 0.25) is 0 Å². The molecule has 2 N–H and O–H groups in total. The lowest BCUT2D eigenvalue weighted by Gasteiger charge is -2.09. The van der Waals surface area contributed by atoms with E-state index in [4.69, 9.17) is 0 Å². The zero-order chi connectivity index (χ0) is 22.1. The Hall–Kier alpha value is -4.66. The van der Waals surface area contributed by atoms with E-state index in [9.17, 15) is 19.7 Å². The average molecular weight is 415 g/mol. The SMILES string of the molecule is O=C(N/N=C/c1ccncc1)/C(=C/c1ccc([N+](=O)[O-])cc1)NC(=O)c1ccccc1. The molecule has 1 heterocycles. The predicted octanol–water partition coefficient (Wildman–Crippen LogP) is 2.91. The van der Waals surface area contributed by atoms with E-state index < -0.39 is 16.7 Å². The van der Waals surface area contributed by atoms with E-state index in [1.807, 2.05) is 0 Å². The third-order valence-electron chi connectivity index (χ3n) is 4.03. The van der Waals surface area contributed by atoms with Gasteiger partial charge in [-0.3, -0.25) is 24.7 Å². The first kappa shape index (κ1) is 21.1. The number of benzene rings is 2. The molecule has 0 atom stereocenters. The number of carbonyl (C=O) groups excluding carboxylic acids is 2. The van der Waals surface area contributed by atoms with Gasteiger partial charge in [0, 0.05) is 30.1 Å². The molecule has 1 aromatic heterocycles. The van der Waals surface area contributed by atoms with Gasteiger partial charge in [0.2, 0.25) is 0 Å². The maximum absolute atomic E-state index is 12.7. The Morgan fingerprint density at radius 1 is 0.935 bits per heavy atom. The van der Waals surface area contributed by atoms with Gasteiger partial charge in [0.1, 0.15) is 5.70 Å². The largest absolute Gasteiger partial charge is 0.317 e. The molecular weight excluding hydrogens is 398 g/mol. The van der Waals surface area contributed by atoms with Gasteiger partial charge < -0.3 is 5.32 Å². The number of hydrazone groups is 1. The van der Waals surface area contributed by atoms with Crippen molar-refractivity contribution in [3.05, 3.63) is 112 Å². The second-order valence-corrected chi connectivity index (χ2v) is 6.21. The van der Waals surface area contributed by atoms with E-state index in [0.717, 1.165) is 5.56 Å². The number of nitro benzene ring substituents is 1. The fourth-order valence-corrected chi connectivity index (χ4v) is 2.48. The fourth-order valence-electron chi connectivity index (χ4n) is 2.48. The molecule has 0 spiro atoms. The molecule has 2 amide bonds. The molecule has 31 heavy (non-hydrogen) atoms. The highest BCUT2D eigenvalue weighted by Crippen LogP contribution is 2.14. The molecule has 0 fully saturated rings. The summed E-state index contributed by atoms with van der Waals surface area (Å²) in [5.74, 6) is -1.14. The highest BCUT2D eigenvalue weighted by Gasteiger charge is 2.14. The van der Waals surface area contributed by atoms with Crippen LogP contribution >= 0.6 is 0 Å². The van der Waals surface area contributed by atoms with Crippen molar-refractivity contribution in [2.45, 2.75) is 0 Å².